The minimum Gasteiger partial charge on any atom is -0.497 e. The van der Waals surface area contributed by atoms with E-state index in [0.717, 1.165) is 16.3 Å². The number of nitrogens with zero attached hydrogens (tertiary/aromatic N) is 1. The molecular weight excluding hydrogens is 532 g/mol. The number of methoxy groups -OCH3 is 4. The molecule has 0 saturated carbocycles. The standard InChI is InChI=1S/C27H31ClN2O7S/c1-34-21-11-13-24(35-2)23(16-21)30(38(32,33)22-12-14-25(36-3)26(17-22)37-4)18-27(31)29-15-5-6-19-7-9-20(28)10-8-19/h7-14,16-17H,5-6,15,18H2,1-4H3,(H,29,31). The topological polar surface area (TPSA) is 103 Å². The fourth-order valence-corrected chi connectivity index (χ4v) is 5.32. The number of aryl methyl sites for hydroxylation is 1. The number of hydrogen-bond acceptors (Lipinski definition) is 7. The predicted molar refractivity (Wildman–Crippen MR) is 146 cm³/mol. The molecule has 9 nitrogen and oxygen atoms in total. The molecule has 1 N–H and O–H groups in total. The molecule has 204 valence electrons. The van der Waals surface area contributed by atoms with Crippen molar-refractivity contribution < 1.29 is 32.2 Å². The second kappa shape index (κ2) is 13.3. The molecule has 0 aromatic heterocycles. The van der Waals surface area contributed by atoms with Crippen molar-refractivity contribution in [2.24, 2.45) is 0 Å². The molecule has 0 atom stereocenters. The van der Waals surface area contributed by atoms with Crippen molar-refractivity contribution in [2.75, 3.05) is 45.8 Å². The van der Waals surface area contributed by atoms with Crippen LogP contribution in [0, 0.1) is 0 Å². The van der Waals surface area contributed by atoms with E-state index in [2.05, 4.69) is 5.32 Å². The van der Waals surface area contributed by atoms with Crippen molar-refractivity contribution in [3.05, 3.63) is 71.2 Å². The average Bonchev–Trinajstić information content (AvgIpc) is 2.94. The lowest BCUT2D eigenvalue weighted by atomic mass is 10.1. The van der Waals surface area contributed by atoms with E-state index in [4.69, 9.17) is 30.5 Å². The normalized spacial score (nSPS) is 11.0. The van der Waals surface area contributed by atoms with E-state index in [1.165, 1.54) is 52.7 Å². The number of carbonyl (C=O) groups excluding carboxylic acids is 1. The van der Waals surface area contributed by atoms with Crippen LogP contribution in [0.5, 0.6) is 23.0 Å². The minimum atomic E-state index is -4.25. The molecule has 0 aliphatic rings. The number of amides is 1. The van der Waals surface area contributed by atoms with Crippen LogP contribution in [0.3, 0.4) is 0 Å². The Morgan fingerprint density at radius 3 is 2.13 bits per heavy atom. The molecule has 0 aliphatic carbocycles. The van der Waals surface area contributed by atoms with Gasteiger partial charge in [0.25, 0.3) is 10.0 Å². The number of sulfonamides is 1. The third-order valence-electron chi connectivity index (χ3n) is 5.76. The average molecular weight is 563 g/mol. The maximum atomic E-state index is 13.9. The van der Waals surface area contributed by atoms with Crippen LogP contribution in [0.1, 0.15) is 12.0 Å². The van der Waals surface area contributed by atoms with Gasteiger partial charge in [-0.1, -0.05) is 23.7 Å². The molecule has 0 heterocycles. The SMILES string of the molecule is COc1ccc(OC)c(N(CC(=O)NCCCc2ccc(Cl)cc2)S(=O)(=O)c2ccc(OC)c(OC)c2)c1. The summed E-state index contributed by atoms with van der Waals surface area (Å²) < 4.78 is 50.0. The van der Waals surface area contributed by atoms with Crippen LogP contribution < -0.4 is 28.6 Å². The first-order valence-corrected chi connectivity index (χ1v) is 13.5. The molecular formula is C27H31ClN2O7S. The van der Waals surface area contributed by atoms with Crippen molar-refractivity contribution in [3.8, 4) is 23.0 Å². The van der Waals surface area contributed by atoms with Crippen molar-refractivity contribution in [2.45, 2.75) is 17.7 Å². The summed E-state index contributed by atoms with van der Waals surface area (Å²) in [7, 11) is 1.50. The van der Waals surface area contributed by atoms with E-state index in [-0.39, 0.29) is 22.1 Å². The number of nitrogens with one attached hydrogen (secondary N) is 1. The predicted octanol–water partition coefficient (Wildman–Crippen LogP) is 4.32. The van der Waals surface area contributed by atoms with E-state index in [0.29, 0.717) is 29.5 Å². The molecule has 0 unspecified atom stereocenters. The molecule has 3 aromatic carbocycles. The summed E-state index contributed by atoms with van der Waals surface area (Å²) in [6, 6.07) is 16.4. The molecule has 0 bridgehead atoms. The van der Waals surface area contributed by atoms with Crippen molar-refractivity contribution in [1.29, 1.82) is 0 Å². The molecule has 0 spiro atoms. The summed E-state index contributed by atoms with van der Waals surface area (Å²) in [5, 5.41) is 3.47. The first-order valence-electron chi connectivity index (χ1n) is 11.7. The Labute approximate surface area is 228 Å². The quantitative estimate of drug-likeness (QED) is 0.309. The number of benzene rings is 3. The molecule has 0 radical (unpaired) electrons. The van der Waals surface area contributed by atoms with Crippen molar-refractivity contribution >= 4 is 33.2 Å². The lowest BCUT2D eigenvalue weighted by molar-refractivity contribution is -0.119. The number of hydrogen-bond donors (Lipinski definition) is 1. The number of halogens is 1. The molecule has 3 rings (SSSR count). The lowest BCUT2D eigenvalue weighted by Gasteiger charge is -2.26. The van der Waals surface area contributed by atoms with Gasteiger partial charge >= 0.3 is 0 Å². The summed E-state index contributed by atoms with van der Waals surface area (Å²) in [4.78, 5) is 12.9. The zero-order valence-electron chi connectivity index (χ0n) is 21.7. The van der Waals surface area contributed by atoms with Gasteiger partial charge in [0.05, 0.1) is 39.0 Å². The summed E-state index contributed by atoms with van der Waals surface area (Å²) in [5.74, 6) is 0.783. The van der Waals surface area contributed by atoms with Crippen molar-refractivity contribution in [1.82, 2.24) is 5.32 Å². The first kappa shape index (κ1) is 28.9. The zero-order chi connectivity index (χ0) is 27.7. The summed E-state index contributed by atoms with van der Waals surface area (Å²) >= 11 is 5.93. The zero-order valence-corrected chi connectivity index (χ0v) is 23.3. The van der Waals surface area contributed by atoms with Crippen LogP contribution >= 0.6 is 11.6 Å². The Morgan fingerprint density at radius 2 is 1.50 bits per heavy atom. The second-order valence-corrected chi connectivity index (χ2v) is 10.4. The van der Waals surface area contributed by atoms with E-state index >= 15 is 0 Å². The molecule has 0 saturated heterocycles. The molecule has 1 amide bonds. The van der Waals surface area contributed by atoms with Crippen LogP contribution in [0.25, 0.3) is 0 Å². The molecule has 38 heavy (non-hydrogen) atoms. The van der Waals surface area contributed by atoms with Gasteiger partial charge in [0, 0.05) is 23.7 Å². The third kappa shape index (κ3) is 7.02. The van der Waals surface area contributed by atoms with Gasteiger partial charge in [-0.3, -0.25) is 9.10 Å². The van der Waals surface area contributed by atoms with E-state index in [9.17, 15) is 13.2 Å². The fourth-order valence-electron chi connectivity index (χ4n) is 3.75. The van der Waals surface area contributed by atoms with Crippen LogP contribution in [-0.4, -0.2) is 55.9 Å². The molecule has 11 heteroatoms. The highest BCUT2D eigenvalue weighted by atomic mass is 35.5. The Bertz CT molecular complexity index is 1350. The third-order valence-corrected chi connectivity index (χ3v) is 7.77. The highest BCUT2D eigenvalue weighted by molar-refractivity contribution is 7.92. The second-order valence-electron chi connectivity index (χ2n) is 8.15. The summed E-state index contributed by atoms with van der Waals surface area (Å²) in [6.07, 6.45) is 1.40. The van der Waals surface area contributed by atoms with Crippen LogP contribution in [0.2, 0.25) is 5.02 Å². The number of anilines is 1. The largest absolute Gasteiger partial charge is 0.497 e. The van der Waals surface area contributed by atoms with Crippen LogP contribution in [0.4, 0.5) is 5.69 Å². The Hall–Kier alpha value is -3.63. The van der Waals surface area contributed by atoms with Gasteiger partial charge in [-0.15, -0.1) is 0 Å². The summed E-state index contributed by atoms with van der Waals surface area (Å²) in [6.45, 7) is -0.123. The first-order chi connectivity index (χ1) is 18.2. The van der Waals surface area contributed by atoms with E-state index in [1.54, 1.807) is 12.1 Å². The maximum absolute atomic E-state index is 13.9. The van der Waals surface area contributed by atoms with Gasteiger partial charge in [0.1, 0.15) is 18.0 Å². The number of carbonyl (C=O) groups is 1. The maximum Gasteiger partial charge on any atom is 0.265 e. The van der Waals surface area contributed by atoms with Crippen LogP contribution in [-0.2, 0) is 21.2 Å². The van der Waals surface area contributed by atoms with Gasteiger partial charge < -0.3 is 24.3 Å². The fraction of sp³-hybridized carbons (Fsp3) is 0.296. The van der Waals surface area contributed by atoms with Crippen molar-refractivity contribution in [3.63, 3.8) is 0 Å². The van der Waals surface area contributed by atoms with Gasteiger partial charge in [-0.25, -0.2) is 8.42 Å². The van der Waals surface area contributed by atoms with Gasteiger partial charge in [0.15, 0.2) is 11.5 Å². The molecule has 0 fully saturated rings. The molecule has 3 aromatic rings. The van der Waals surface area contributed by atoms with E-state index in [1.807, 2.05) is 24.3 Å². The monoisotopic (exact) mass is 562 g/mol. The Kier molecular flexibility index (Phi) is 10.1. The number of rotatable bonds is 13. The smallest absolute Gasteiger partial charge is 0.265 e. The highest BCUT2D eigenvalue weighted by Crippen LogP contribution is 2.37. The van der Waals surface area contributed by atoms with Gasteiger partial charge in [-0.2, -0.15) is 0 Å². The molecule has 0 aliphatic heterocycles. The van der Waals surface area contributed by atoms with Crippen LogP contribution in [0.15, 0.2) is 65.6 Å². The highest BCUT2D eigenvalue weighted by Gasteiger charge is 2.31. The lowest BCUT2D eigenvalue weighted by Crippen LogP contribution is -2.41. The number of ether oxygens (including phenoxy) is 4. The van der Waals surface area contributed by atoms with Gasteiger partial charge in [0.2, 0.25) is 5.91 Å². The van der Waals surface area contributed by atoms with E-state index < -0.39 is 22.5 Å². The minimum absolute atomic E-state index is 0.0874. The van der Waals surface area contributed by atoms with Gasteiger partial charge in [-0.05, 0) is 54.8 Å². The summed E-state index contributed by atoms with van der Waals surface area (Å²) in [5.41, 5.74) is 1.24. The Morgan fingerprint density at radius 1 is 0.842 bits per heavy atom. The Balaban J connectivity index is 1.88.